The van der Waals surface area contributed by atoms with Gasteiger partial charge in [0.2, 0.25) is 0 Å². The van der Waals surface area contributed by atoms with Crippen LogP contribution in [0.5, 0.6) is 11.5 Å². The number of aromatic nitrogens is 1. The van der Waals surface area contributed by atoms with Crippen molar-refractivity contribution < 1.29 is 9.47 Å². The van der Waals surface area contributed by atoms with Gasteiger partial charge in [-0.1, -0.05) is 24.3 Å². The third kappa shape index (κ3) is 4.64. The minimum atomic E-state index is 0. The highest BCUT2D eigenvalue weighted by molar-refractivity contribution is 5.92. The van der Waals surface area contributed by atoms with Crippen molar-refractivity contribution in [3.8, 4) is 22.6 Å². The summed E-state index contributed by atoms with van der Waals surface area (Å²) in [6.07, 6.45) is 4.23. The predicted molar refractivity (Wildman–Crippen MR) is 115 cm³/mol. The van der Waals surface area contributed by atoms with E-state index in [1.807, 2.05) is 24.3 Å². The molecule has 0 amide bonds. The number of pyridine rings is 1. The number of methoxy groups -OCH3 is 1. The first-order valence-corrected chi connectivity index (χ1v) is 8.75. The molecule has 0 aliphatic carbocycles. The lowest BCUT2D eigenvalue weighted by atomic mass is 10.0. The Morgan fingerprint density at radius 3 is 2.41 bits per heavy atom. The van der Waals surface area contributed by atoms with E-state index in [2.05, 4.69) is 34.6 Å². The summed E-state index contributed by atoms with van der Waals surface area (Å²) in [5.74, 6) is 1.73. The maximum atomic E-state index is 6.09. The average Bonchev–Trinajstić information content (AvgIpc) is 2.68. The summed E-state index contributed by atoms with van der Waals surface area (Å²) in [5.41, 5.74) is 3.03. The lowest BCUT2D eigenvalue weighted by Gasteiger charge is -2.24. The molecule has 3 aromatic rings. The van der Waals surface area contributed by atoms with E-state index in [-0.39, 0.29) is 24.8 Å². The van der Waals surface area contributed by atoms with Crippen LogP contribution in [0.2, 0.25) is 0 Å². The number of hydrogen-bond acceptors (Lipinski definition) is 4. The molecule has 0 unspecified atom stereocenters. The molecule has 0 bridgehead atoms. The van der Waals surface area contributed by atoms with Crippen LogP contribution < -0.4 is 14.8 Å². The fourth-order valence-corrected chi connectivity index (χ4v) is 3.37. The summed E-state index contributed by atoms with van der Waals surface area (Å²) in [5, 5.41) is 4.44. The smallest absolute Gasteiger partial charge is 0.152 e. The average molecular weight is 407 g/mol. The largest absolute Gasteiger partial charge is 0.494 e. The normalized spacial score (nSPS) is 14.1. The Morgan fingerprint density at radius 2 is 1.70 bits per heavy atom. The van der Waals surface area contributed by atoms with Crippen LogP contribution in [0.4, 0.5) is 0 Å². The molecule has 2 aromatic carbocycles. The van der Waals surface area contributed by atoms with Crippen molar-refractivity contribution in [2.45, 2.75) is 18.9 Å². The zero-order valence-electron chi connectivity index (χ0n) is 15.2. The van der Waals surface area contributed by atoms with Crippen LogP contribution in [-0.2, 0) is 0 Å². The molecule has 27 heavy (non-hydrogen) atoms. The van der Waals surface area contributed by atoms with Gasteiger partial charge in [0.25, 0.3) is 0 Å². The number of halogens is 2. The summed E-state index contributed by atoms with van der Waals surface area (Å²) in [6, 6.07) is 16.4. The summed E-state index contributed by atoms with van der Waals surface area (Å²) in [4.78, 5) is 4.48. The van der Waals surface area contributed by atoms with Gasteiger partial charge < -0.3 is 14.8 Å². The fraction of sp³-hybridized carbons (Fsp3) is 0.286. The number of nitrogens with one attached hydrogen (secondary N) is 1. The standard InChI is InChI=1S/C21H22N2O2.2ClH/c1-24-21-19(9-6-16-3-2-12-23-20(16)21)15-4-7-17(8-5-15)25-18-10-13-22-14-11-18;;/h2-9,12,18,22H,10-11,13-14H2,1H3;2*1H. The molecule has 144 valence electrons. The van der Waals surface area contributed by atoms with E-state index >= 15 is 0 Å². The van der Waals surface area contributed by atoms with E-state index in [0.29, 0.717) is 6.10 Å². The van der Waals surface area contributed by atoms with Gasteiger partial charge in [0.05, 0.1) is 7.11 Å². The topological polar surface area (TPSA) is 43.4 Å². The summed E-state index contributed by atoms with van der Waals surface area (Å²) < 4.78 is 11.8. The van der Waals surface area contributed by atoms with E-state index in [1.54, 1.807) is 13.3 Å². The second-order valence-electron chi connectivity index (χ2n) is 6.31. The second-order valence-corrected chi connectivity index (χ2v) is 6.31. The van der Waals surface area contributed by atoms with Gasteiger partial charge in [-0.2, -0.15) is 0 Å². The molecule has 1 N–H and O–H groups in total. The highest BCUT2D eigenvalue weighted by atomic mass is 35.5. The van der Waals surface area contributed by atoms with Crippen LogP contribution in [0, 0.1) is 0 Å². The molecule has 0 spiro atoms. The fourth-order valence-electron chi connectivity index (χ4n) is 3.37. The number of benzene rings is 2. The van der Waals surface area contributed by atoms with Crippen molar-refractivity contribution in [2.75, 3.05) is 20.2 Å². The van der Waals surface area contributed by atoms with Crippen LogP contribution in [0.1, 0.15) is 12.8 Å². The van der Waals surface area contributed by atoms with Crippen molar-refractivity contribution in [1.29, 1.82) is 0 Å². The first-order chi connectivity index (χ1) is 12.3. The van der Waals surface area contributed by atoms with Crippen LogP contribution >= 0.6 is 24.8 Å². The number of ether oxygens (including phenoxy) is 2. The van der Waals surface area contributed by atoms with Crippen molar-refractivity contribution >= 4 is 35.7 Å². The third-order valence-electron chi connectivity index (χ3n) is 4.69. The highest BCUT2D eigenvalue weighted by Gasteiger charge is 2.15. The highest BCUT2D eigenvalue weighted by Crippen LogP contribution is 2.36. The second kappa shape index (κ2) is 9.79. The van der Waals surface area contributed by atoms with E-state index in [9.17, 15) is 0 Å². The van der Waals surface area contributed by atoms with Crippen LogP contribution in [0.3, 0.4) is 0 Å². The zero-order chi connectivity index (χ0) is 17.1. The molecule has 1 aromatic heterocycles. The van der Waals surface area contributed by atoms with E-state index in [1.165, 1.54) is 0 Å². The van der Waals surface area contributed by atoms with Crippen LogP contribution in [-0.4, -0.2) is 31.3 Å². The Labute approximate surface area is 172 Å². The number of fused-ring (bicyclic) bond motifs is 1. The quantitative estimate of drug-likeness (QED) is 0.669. The number of piperidine rings is 1. The molecule has 4 nitrogen and oxygen atoms in total. The number of rotatable bonds is 4. The van der Waals surface area contributed by atoms with Crippen LogP contribution in [0.25, 0.3) is 22.0 Å². The lowest BCUT2D eigenvalue weighted by molar-refractivity contribution is 0.162. The van der Waals surface area contributed by atoms with Gasteiger partial charge in [-0.05, 0) is 55.8 Å². The molecular formula is C21H24Cl2N2O2. The van der Waals surface area contributed by atoms with Gasteiger partial charge in [0, 0.05) is 17.1 Å². The van der Waals surface area contributed by atoms with E-state index < -0.39 is 0 Å². The number of hydrogen-bond donors (Lipinski definition) is 1. The van der Waals surface area contributed by atoms with Gasteiger partial charge in [-0.3, -0.25) is 4.98 Å². The van der Waals surface area contributed by atoms with Gasteiger partial charge in [0.15, 0.2) is 5.75 Å². The molecular weight excluding hydrogens is 383 g/mol. The Morgan fingerprint density at radius 1 is 0.963 bits per heavy atom. The maximum absolute atomic E-state index is 6.09. The van der Waals surface area contributed by atoms with Gasteiger partial charge in [-0.25, -0.2) is 0 Å². The first-order valence-electron chi connectivity index (χ1n) is 8.75. The first kappa shape index (κ1) is 21.3. The Hall–Kier alpha value is -2.01. The minimum absolute atomic E-state index is 0. The van der Waals surface area contributed by atoms with E-state index in [4.69, 9.17) is 9.47 Å². The predicted octanol–water partition coefficient (Wildman–Crippen LogP) is 4.88. The zero-order valence-corrected chi connectivity index (χ0v) is 16.8. The van der Waals surface area contributed by atoms with Gasteiger partial charge >= 0.3 is 0 Å². The minimum Gasteiger partial charge on any atom is -0.494 e. The Balaban J connectivity index is 0.00000131. The number of nitrogens with zero attached hydrogens (tertiary/aromatic N) is 1. The van der Waals surface area contributed by atoms with Crippen molar-refractivity contribution in [1.82, 2.24) is 10.3 Å². The maximum Gasteiger partial charge on any atom is 0.152 e. The molecule has 0 saturated carbocycles. The van der Waals surface area contributed by atoms with Gasteiger partial charge in [0.1, 0.15) is 17.4 Å². The molecule has 1 saturated heterocycles. The summed E-state index contributed by atoms with van der Waals surface area (Å²) in [6.45, 7) is 2.06. The van der Waals surface area contributed by atoms with E-state index in [0.717, 1.165) is 59.5 Å². The third-order valence-corrected chi connectivity index (χ3v) is 4.69. The molecule has 1 aliphatic rings. The van der Waals surface area contributed by atoms with Crippen molar-refractivity contribution in [2.24, 2.45) is 0 Å². The SMILES string of the molecule is COc1c(-c2ccc(OC3CCNCC3)cc2)ccc2cccnc12.Cl.Cl. The Kier molecular flexibility index (Phi) is 7.72. The summed E-state index contributed by atoms with van der Waals surface area (Å²) in [7, 11) is 1.70. The molecule has 0 atom stereocenters. The van der Waals surface area contributed by atoms with Gasteiger partial charge in [-0.15, -0.1) is 24.8 Å². The molecule has 0 radical (unpaired) electrons. The molecule has 2 heterocycles. The molecule has 1 fully saturated rings. The molecule has 4 rings (SSSR count). The summed E-state index contributed by atoms with van der Waals surface area (Å²) >= 11 is 0. The van der Waals surface area contributed by atoms with Crippen molar-refractivity contribution in [3.63, 3.8) is 0 Å². The molecule has 6 heteroatoms. The van der Waals surface area contributed by atoms with Crippen LogP contribution in [0.15, 0.2) is 54.7 Å². The monoisotopic (exact) mass is 406 g/mol. The lowest BCUT2D eigenvalue weighted by Crippen LogP contribution is -2.34. The molecule has 1 aliphatic heterocycles. The Bertz CT molecular complexity index is 866. The van der Waals surface area contributed by atoms with Crippen molar-refractivity contribution in [3.05, 3.63) is 54.7 Å².